The third-order valence-electron chi connectivity index (χ3n) is 4.85. The smallest absolute Gasteiger partial charge is 0.228 e. The maximum absolute atomic E-state index is 12.9. The van der Waals surface area contributed by atoms with Gasteiger partial charge in [-0.15, -0.1) is 0 Å². The molecule has 2 aliphatic rings. The van der Waals surface area contributed by atoms with Crippen LogP contribution in [0.25, 0.3) is 0 Å². The van der Waals surface area contributed by atoms with E-state index in [0.717, 1.165) is 11.4 Å². The fourth-order valence-electron chi connectivity index (χ4n) is 3.64. The number of phenolic OH excluding ortho intramolecular Hbond substituents is 1. The lowest BCUT2D eigenvalue weighted by atomic mass is 10.1. The second-order valence-electron chi connectivity index (χ2n) is 6.69. The molecule has 2 aliphatic heterocycles. The molecule has 7 heteroatoms. The lowest BCUT2D eigenvalue weighted by molar-refractivity contribution is -0.137. The molecule has 25 heavy (non-hydrogen) atoms. The summed E-state index contributed by atoms with van der Waals surface area (Å²) < 4.78 is 1.94. The van der Waals surface area contributed by atoms with Crippen molar-refractivity contribution in [1.82, 2.24) is 14.7 Å². The van der Waals surface area contributed by atoms with Gasteiger partial charge in [0, 0.05) is 31.3 Å². The molecule has 1 aromatic carbocycles. The maximum atomic E-state index is 12.9. The van der Waals surface area contributed by atoms with Crippen molar-refractivity contribution in [2.75, 3.05) is 18.0 Å². The van der Waals surface area contributed by atoms with Gasteiger partial charge in [-0.1, -0.05) is 6.07 Å². The van der Waals surface area contributed by atoms with E-state index in [-0.39, 0.29) is 29.9 Å². The predicted molar refractivity (Wildman–Crippen MR) is 90.9 cm³/mol. The minimum atomic E-state index is -0.342. The van der Waals surface area contributed by atoms with E-state index in [9.17, 15) is 14.7 Å². The van der Waals surface area contributed by atoms with E-state index in [4.69, 9.17) is 0 Å². The number of aromatic nitrogens is 2. The quantitative estimate of drug-likeness (QED) is 0.894. The van der Waals surface area contributed by atoms with Gasteiger partial charge in [0.15, 0.2) is 0 Å². The molecule has 0 saturated carbocycles. The SMILES string of the molecule is Cc1cc2n(n1)CCN(C(=O)[C@H]1CC(=O)N(c3cccc(O)c3)C1)C2. The van der Waals surface area contributed by atoms with Gasteiger partial charge in [0.05, 0.1) is 30.4 Å². The molecule has 1 saturated heterocycles. The molecule has 0 aliphatic carbocycles. The first-order valence-electron chi connectivity index (χ1n) is 8.43. The Labute approximate surface area is 145 Å². The summed E-state index contributed by atoms with van der Waals surface area (Å²) in [7, 11) is 0. The zero-order valence-electron chi connectivity index (χ0n) is 14.1. The van der Waals surface area contributed by atoms with Crippen molar-refractivity contribution >= 4 is 17.5 Å². The van der Waals surface area contributed by atoms with Crippen molar-refractivity contribution < 1.29 is 14.7 Å². The first kappa shape index (κ1) is 15.7. The fraction of sp³-hybridized carbons (Fsp3) is 0.389. The van der Waals surface area contributed by atoms with Gasteiger partial charge in [0.25, 0.3) is 0 Å². The topological polar surface area (TPSA) is 78.7 Å². The zero-order chi connectivity index (χ0) is 17.6. The number of carbonyl (C=O) groups excluding carboxylic acids is 2. The molecule has 0 bridgehead atoms. The molecule has 7 nitrogen and oxygen atoms in total. The maximum Gasteiger partial charge on any atom is 0.228 e. The van der Waals surface area contributed by atoms with E-state index in [0.29, 0.717) is 31.9 Å². The third kappa shape index (κ3) is 2.86. The van der Waals surface area contributed by atoms with E-state index in [1.807, 2.05) is 22.6 Å². The van der Waals surface area contributed by atoms with E-state index in [2.05, 4.69) is 5.10 Å². The number of fused-ring (bicyclic) bond motifs is 1. The van der Waals surface area contributed by atoms with Crippen LogP contribution < -0.4 is 4.90 Å². The Bertz CT molecular complexity index is 845. The monoisotopic (exact) mass is 340 g/mol. The number of nitrogens with zero attached hydrogens (tertiary/aromatic N) is 4. The van der Waals surface area contributed by atoms with Crippen molar-refractivity contribution in [3.8, 4) is 5.75 Å². The minimum absolute atomic E-state index is 0.0149. The lowest BCUT2D eigenvalue weighted by Crippen LogP contribution is -2.42. The summed E-state index contributed by atoms with van der Waals surface area (Å²) in [4.78, 5) is 28.6. The van der Waals surface area contributed by atoms with Gasteiger partial charge in [-0.25, -0.2) is 0 Å². The van der Waals surface area contributed by atoms with Gasteiger partial charge in [-0.05, 0) is 25.1 Å². The highest BCUT2D eigenvalue weighted by atomic mass is 16.3. The minimum Gasteiger partial charge on any atom is -0.508 e. The molecular formula is C18H20N4O3. The normalized spacial score (nSPS) is 20.0. The van der Waals surface area contributed by atoms with Crippen molar-refractivity contribution in [2.45, 2.75) is 26.4 Å². The summed E-state index contributed by atoms with van der Waals surface area (Å²) in [5, 5.41) is 14.0. The number of aromatic hydroxyl groups is 1. The molecular weight excluding hydrogens is 320 g/mol. The molecule has 0 radical (unpaired) electrons. The fourth-order valence-corrected chi connectivity index (χ4v) is 3.64. The Kier molecular flexibility index (Phi) is 3.71. The average molecular weight is 340 g/mol. The van der Waals surface area contributed by atoms with Crippen molar-refractivity contribution in [3.05, 3.63) is 41.7 Å². The second kappa shape index (κ2) is 5.91. The number of amides is 2. The molecule has 1 atom stereocenters. The Morgan fingerprint density at radius 3 is 2.92 bits per heavy atom. The van der Waals surface area contributed by atoms with Crippen LogP contribution in [0.4, 0.5) is 5.69 Å². The number of phenols is 1. The van der Waals surface area contributed by atoms with Gasteiger partial charge < -0.3 is 14.9 Å². The molecule has 4 rings (SSSR count). The van der Waals surface area contributed by atoms with Crippen LogP contribution in [0.1, 0.15) is 17.8 Å². The number of hydrogen-bond donors (Lipinski definition) is 1. The highest BCUT2D eigenvalue weighted by Gasteiger charge is 2.38. The third-order valence-corrected chi connectivity index (χ3v) is 4.85. The van der Waals surface area contributed by atoms with Gasteiger partial charge >= 0.3 is 0 Å². The Balaban J connectivity index is 1.48. The van der Waals surface area contributed by atoms with Crippen LogP contribution in [0.2, 0.25) is 0 Å². The predicted octanol–water partition coefficient (Wildman–Crippen LogP) is 1.29. The molecule has 130 valence electrons. The molecule has 1 aromatic heterocycles. The molecule has 1 N–H and O–H groups in total. The summed E-state index contributed by atoms with van der Waals surface area (Å²) in [5.74, 6) is -0.298. The van der Waals surface area contributed by atoms with E-state index < -0.39 is 0 Å². The molecule has 0 spiro atoms. The summed E-state index contributed by atoms with van der Waals surface area (Å²) in [6.45, 7) is 4.14. The second-order valence-corrected chi connectivity index (χ2v) is 6.69. The van der Waals surface area contributed by atoms with Crippen molar-refractivity contribution in [1.29, 1.82) is 0 Å². The van der Waals surface area contributed by atoms with E-state index in [1.54, 1.807) is 29.2 Å². The number of carbonyl (C=O) groups is 2. The average Bonchev–Trinajstić information content (AvgIpc) is 3.15. The Morgan fingerprint density at radius 1 is 1.28 bits per heavy atom. The molecule has 0 unspecified atom stereocenters. The van der Waals surface area contributed by atoms with E-state index >= 15 is 0 Å². The molecule has 1 fully saturated rings. The summed E-state index contributed by atoms with van der Waals surface area (Å²) >= 11 is 0. The van der Waals surface area contributed by atoms with Crippen LogP contribution in [-0.2, 0) is 22.7 Å². The Morgan fingerprint density at radius 2 is 2.12 bits per heavy atom. The number of anilines is 1. The van der Waals surface area contributed by atoms with Crippen LogP contribution in [0, 0.1) is 12.8 Å². The van der Waals surface area contributed by atoms with Crippen LogP contribution >= 0.6 is 0 Å². The van der Waals surface area contributed by atoms with Crippen LogP contribution in [0.3, 0.4) is 0 Å². The summed E-state index contributed by atoms with van der Waals surface area (Å²) in [5.41, 5.74) is 2.62. The lowest BCUT2D eigenvalue weighted by Gasteiger charge is -2.29. The first-order valence-corrected chi connectivity index (χ1v) is 8.43. The standard InChI is InChI=1S/C18H20N4O3/c1-12-7-15-11-20(5-6-22(15)19-12)18(25)13-8-17(24)21(10-13)14-3-2-4-16(23)9-14/h2-4,7,9,13,23H,5-6,8,10-11H2,1H3/t13-/m0/s1. The molecule has 3 heterocycles. The van der Waals surface area contributed by atoms with Crippen LogP contribution in [-0.4, -0.2) is 44.7 Å². The van der Waals surface area contributed by atoms with Crippen molar-refractivity contribution in [3.63, 3.8) is 0 Å². The highest BCUT2D eigenvalue weighted by molar-refractivity contribution is 6.00. The van der Waals surface area contributed by atoms with Gasteiger partial charge in [0.1, 0.15) is 5.75 Å². The van der Waals surface area contributed by atoms with Crippen molar-refractivity contribution in [2.24, 2.45) is 5.92 Å². The number of rotatable bonds is 2. The zero-order valence-corrected chi connectivity index (χ0v) is 14.1. The number of aryl methyl sites for hydroxylation is 1. The summed E-state index contributed by atoms with van der Waals surface area (Å²) in [6.07, 6.45) is 0.212. The largest absolute Gasteiger partial charge is 0.508 e. The number of benzene rings is 1. The first-order chi connectivity index (χ1) is 12.0. The number of hydrogen-bond acceptors (Lipinski definition) is 4. The molecule has 2 amide bonds. The highest BCUT2D eigenvalue weighted by Crippen LogP contribution is 2.29. The Hall–Kier alpha value is -2.83. The van der Waals surface area contributed by atoms with E-state index in [1.165, 1.54) is 0 Å². The van der Waals surface area contributed by atoms with Gasteiger partial charge in [-0.3, -0.25) is 14.3 Å². The van der Waals surface area contributed by atoms with Gasteiger partial charge in [0.2, 0.25) is 11.8 Å². The molecule has 2 aromatic rings. The summed E-state index contributed by atoms with van der Waals surface area (Å²) in [6, 6.07) is 8.57. The van der Waals surface area contributed by atoms with Crippen LogP contribution in [0.15, 0.2) is 30.3 Å². The van der Waals surface area contributed by atoms with Crippen LogP contribution in [0.5, 0.6) is 5.75 Å². The van der Waals surface area contributed by atoms with Gasteiger partial charge in [-0.2, -0.15) is 5.10 Å².